The van der Waals surface area contributed by atoms with Crippen LogP contribution in [0, 0.1) is 0 Å². The summed E-state index contributed by atoms with van der Waals surface area (Å²) in [5, 5.41) is 5.26. The average Bonchev–Trinajstić information content (AvgIpc) is 2.96. The van der Waals surface area contributed by atoms with Crippen molar-refractivity contribution >= 4 is 10.0 Å². The molecule has 0 aliphatic rings. The van der Waals surface area contributed by atoms with Gasteiger partial charge in [0.15, 0.2) is 12.2 Å². The lowest BCUT2D eigenvalue weighted by Crippen LogP contribution is -2.13. The third kappa shape index (κ3) is 2.58. The predicted molar refractivity (Wildman–Crippen MR) is 78.7 cm³/mol. The van der Waals surface area contributed by atoms with Crippen molar-refractivity contribution in [3.63, 3.8) is 0 Å². The van der Waals surface area contributed by atoms with Gasteiger partial charge in [0, 0.05) is 11.1 Å². The third-order valence-electron chi connectivity index (χ3n) is 3.05. The Kier molecular flexibility index (Phi) is 3.32. The van der Waals surface area contributed by atoms with E-state index >= 15 is 0 Å². The molecule has 3 rings (SSSR count). The lowest BCUT2D eigenvalue weighted by molar-refractivity contribution is 0.569. The number of rotatable bonds is 3. The Morgan fingerprint density at radius 2 is 1.62 bits per heavy atom. The van der Waals surface area contributed by atoms with E-state index in [-0.39, 0.29) is 4.90 Å². The second-order valence-electron chi connectivity index (χ2n) is 4.44. The van der Waals surface area contributed by atoms with Gasteiger partial charge in [-0.1, -0.05) is 42.5 Å². The molecular weight excluding hydrogens is 288 g/mol. The van der Waals surface area contributed by atoms with Crippen LogP contribution < -0.4 is 5.14 Å². The van der Waals surface area contributed by atoms with Crippen molar-refractivity contribution in [2.75, 3.05) is 0 Å². The van der Waals surface area contributed by atoms with Gasteiger partial charge in [0.1, 0.15) is 5.69 Å². The van der Waals surface area contributed by atoms with Gasteiger partial charge in [0.2, 0.25) is 10.0 Å². The van der Waals surface area contributed by atoms with Gasteiger partial charge in [0.25, 0.3) is 0 Å². The third-order valence-corrected chi connectivity index (χ3v) is 4.02. The summed E-state index contributed by atoms with van der Waals surface area (Å²) in [6.07, 6.45) is 1.29. The molecule has 106 valence electrons. The number of hydrogen-bond acceptors (Lipinski definition) is 4. The minimum Gasteiger partial charge on any atom is -0.443 e. The van der Waals surface area contributed by atoms with E-state index in [1.807, 2.05) is 30.3 Å². The van der Waals surface area contributed by atoms with Crippen molar-refractivity contribution in [1.82, 2.24) is 4.98 Å². The molecule has 3 aromatic rings. The molecule has 6 heteroatoms. The largest absolute Gasteiger partial charge is 0.443 e. The molecule has 0 amide bonds. The molecule has 0 radical (unpaired) electrons. The average molecular weight is 300 g/mol. The van der Waals surface area contributed by atoms with Crippen molar-refractivity contribution in [3.8, 4) is 22.6 Å². The summed E-state index contributed by atoms with van der Waals surface area (Å²) in [6, 6.07) is 15.8. The lowest BCUT2D eigenvalue weighted by Gasteiger charge is -2.06. The molecule has 0 spiro atoms. The van der Waals surface area contributed by atoms with E-state index < -0.39 is 10.0 Å². The summed E-state index contributed by atoms with van der Waals surface area (Å²) < 4.78 is 28.8. The molecule has 21 heavy (non-hydrogen) atoms. The maximum absolute atomic E-state index is 11.7. The van der Waals surface area contributed by atoms with Crippen LogP contribution in [0.3, 0.4) is 0 Å². The highest BCUT2D eigenvalue weighted by Gasteiger charge is 2.20. The summed E-state index contributed by atoms with van der Waals surface area (Å²) in [7, 11) is -3.85. The maximum atomic E-state index is 11.7. The van der Waals surface area contributed by atoms with Crippen LogP contribution in [-0.2, 0) is 10.0 Å². The number of oxazole rings is 1. The zero-order valence-electron chi connectivity index (χ0n) is 10.9. The minimum atomic E-state index is -3.85. The number of nitrogens with two attached hydrogens (primary N) is 1. The van der Waals surface area contributed by atoms with E-state index in [0.29, 0.717) is 17.0 Å². The second kappa shape index (κ2) is 5.16. The molecule has 0 aliphatic heterocycles. The summed E-state index contributed by atoms with van der Waals surface area (Å²) in [4.78, 5) is 4.20. The lowest BCUT2D eigenvalue weighted by atomic mass is 10.1. The molecule has 0 aliphatic carbocycles. The Labute approximate surface area is 122 Å². The van der Waals surface area contributed by atoms with Gasteiger partial charge in [-0.25, -0.2) is 18.5 Å². The number of sulfonamides is 1. The van der Waals surface area contributed by atoms with Crippen LogP contribution >= 0.6 is 0 Å². The summed E-state index contributed by atoms with van der Waals surface area (Å²) in [5.74, 6) is 0.380. The fourth-order valence-corrected chi connectivity index (χ4v) is 2.88. The Bertz CT molecular complexity index is 871. The van der Waals surface area contributed by atoms with E-state index in [1.165, 1.54) is 12.5 Å². The van der Waals surface area contributed by atoms with Gasteiger partial charge in [-0.15, -0.1) is 0 Å². The van der Waals surface area contributed by atoms with Crippen LogP contribution in [0.25, 0.3) is 22.6 Å². The normalized spacial score (nSPS) is 11.5. The van der Waals surface area contributed by atoms with E-state index in [0.717, 1.165) is 5.56 Å². The second-order valence-corrected chi connectivity index (χ2v) is 5.97. The van der Waals surface area contributed by atoms with Crippen LogP contribution in [0.4, 0.5) is 0 Å². The summed E-state index contributed by atoms with van der Waals surface area (Å²) >= 11 is 0. The summed E-state index contributed by atoms with van der Waals surface area (Å²) in [5.41, 5.74) is 1.81. The summed E-state index contributed by atoms with van der Waals surface area (Å²) in [6.45, 7) is 0. The molecule has 2 aromatic carbocycles. The molecule has 0 saturated carbocycles. The maximum Gasteiger partial charge on any atom is 0.238 e. The van der Waals surface area contributed by atoms with E-state index in [4.69, 9.17) is 9.56 Å². The number of hydrogen-bond donors (Lipinski definition) is 1. The quantitative estimate of drug-likeness (QED) is 0.805. The Balaban J connectivity index is 2.23. The first kappa shape index (κ1) is 13.5. The van der Waals surface area contributed by atoms with Gasteiger partial charge in [0.05, 0.1) is 4.90 Å². The SMILES string of the molecule is NS(=O)(=O)c1ccccc1-c1ocnc1-c1ccccc1. The Morgan fingerprint density at radius 1 is 0.952 bits per heavy atom. The van der Waals surface area contributed by atoms with Gasteiger partial charge in [-0.3, -0.25) is 0 Å². The van der Waals surface area contributed by atoms with Crippen molar-refractivity contribution in [2.24, 2.45) is 5.14 Å². The van der Waals surface area contributed by atoms with Crippen molar-refractivity contribution in [3.05, 3.63) is 61.0 Å². The highest BCUT2D eigenvalue weighted by atomic mass is 32.2. The van der Waals surface area contributed by atoms with Gasteiger partial charge in [-0.05, 0) is 12.1 Å². The topological polar surface area (TPSA) is 86.2 Å². The molecular formula is C15H12N2O3S. The van der Waals surface area contributed by atoms with E-state index in [9.17, 15) is 8.42 Å². The zero-order chi connectivity index (χ0) is 14.9. The predicted octanol–water partition coefficient (Wildman–Crippen LogP) is 2.66. The van der Waals surface area contributed by atoms with Crippen LogP contribution in [0.1, 0.15) is 0 Å². The zero-order valence-corrected chi connectivity index (χ0v) is 11.7. The number of nitrogens with zero attached hydrogens (tertiary/aromatic N) is 1. The van der Waals surface area contributed by atoms with Crippen LogP contribution in [-0.4, -0.2) is 13.4 Å². The van der Waals surface area contributed by atoms with Crippen molar-refractivity contribution in [2.45, 2.75) is 4.90 Å². The fourth-order valence-electron chi connectivity index (χ4n) is 2.14. The van der Waals surface area contributed by atoms with E-state index in [2.05, 4.69) is 4.98 Å². The molecule has 0 bridgehead atoms. The van der Waals surface area contributed by atoms with Crippen molar-refractivity contribution in [1.29, 1.82) is 0 Å². The molecule has 0 fully saturated rings. The highest BCUT2D eigenvalue weighted by Crippen LogP contribution is 2.34. The molecule has 0 saturated heterocycles. The monoisotopic (exact) mass is 300 g/mol. The molecule has 1 heterocycles. The Hall–Kier alpha value is -2.44. The minimum absolute atomic E-state index is 0.0129. The smallest absolute Gasteiger partial charge is 0.238 e. The van der Waals surface area contributed by atoms with Crippen molar-refractivity contribution < 1.29 is 12.8 Å². The number of primary sulfonamides is 1. The fraction of sp³-hybridized carbons (Fsp3) is 0. The first-order chi connectivity index (χ1) is 10.1. The van der Waals surface area contributed by atoms with Gasteiger partial charge in [-0.2, -0.15) is 0 Å². The first-order valence-electron chi connectivity index (χ1n) is 6.18. The van der Waals surface area contributed by atoms with Crippen LogP contribution in [0.15, 0.2) is 70.3 Å². The molecule has 2 N–H and O–H groups in total. The standard InChI is InChI=1S/C15H12N2O3S/c16-21(18,19)13-9-5-4-8-12(13)15-14(17-10-20-15)11-6-2-1-3-7-11/h1-10H,(H2,16,18,19). The molecule has 1 aromatic heterocycles. The van der Waals surface area contributed by atoms with Crippen LogP contribution in [0.2, 0.25) is 0 Å². The molecule has 0 unspecified atom stereocenters. The highest BCUT2D eigenvalue weighted by molar-refractivity contribution is 7.89. The van der Waals surface area contributed by atoms with E-state index in [1.54, 1.807) is 18.2 Å². The number of benzene rings is 2. The number of aromatic nitrogens is 1. The molecule has 5 nitrogen and oxygen atoms in total. The Morgan fingerprint density at radius 3 is 2.33 bits per heavy atom. The van der Waals surface area contributed by atoms with Gasteiger partial charge >= 0.3 is 0 Å². The van der Waals surface area contributed by atoms with Gasteiger partial charge < -0.3 is 4.42 Å². The molecule has 0 atom stereocenters. The van der Waals surface area contributed by atoms with Crippen LogP contribution in [0.5, 0.6) is 0 Å². The first-order valence-corrected chi connectivity index (χ1v) is 7.73.